The summed E-state index contributed by atoms with van der Waals surface area (Å²) < 4.78 is 0. The van der Waals surface area contributed by atoms with E-state index in [1.807, 2.05) is 0 Å². The molecule has 4 unspecified atom stereocenters. The van der Waals surface area contributed by atoms with E-state index in [-0.39, 0.29) is 0 Å². The van der Waals surface area contributed by atoms with Crippen molar-refractivity contribution in [3.63, 3.8) is 0 Å². The van der Waals surface area contributed by atoms with E-state index in [2.05, 4.69) is 33.0 Å². The molecule has 0 radical (unpaired) electrons. The van der Waals surface area contributed by atoms with E-state index in [0.717, 1.165) is 23.7 Å². The third-order valence-electron chi connectivity index (χ3n) is 4.64. The van der Waals surface area contributed by atoms with Crippen molar-refractivity contribution in [2.45, 2.75) is 52.5 Å². The van der Waals surface area contributed by atoms with Crippen LogP contribution in [0.4, 0.5) is 0 Å². The molecule has 0 amide bonds. The molecule has 0 spiro atoms. The second kappa shape index (κ2) is 3.52. The van der Waals surface area contributed by atoms with Crippen LogP contribution in [0, 0.1) is 23.7 Å². The van der Waals surface area contributed by atoms with Crippen molar-refractivity contribution in [2.24, 2.45) is 23.7 Å². The largest absolute Gasteiger partial charge is 0.311 e. The van der Waals surface area contributed by atoms with Crippen LogP contribution >= 0.6 is 0 Å². The zero-order chi connectivity index (χ0) is 10.3. The maximum absolute atomic E-state index is 3.84. The summed E-state index contributed by atoms with van der Waals surface area (Å²) in [5.74, 6) is 3.75. The van der Waals surface area contributed by atoms with Crippen LogP contribution in [0.25, 0.3) is 0 Å². The minimum Gasteiger partial charge on any atom is -0.311 e. The number of rotatable bonds is 4. The van der Waals surface area contributed by atoms with Crippen LogP contribution in [0.1, 0.15) is 47.0 Å². The predicted molar refractivity (Wildman–Crippen MR) is 61.2 cm³/mol. The van der Waals surface area contributed by atoms with E-state index in [0.29, 0.717) is 5.54 Å². The topological polar surface area (TPSA) is 12.0 Å². The molecule has 2 aliphatic rings. The molecule has 1 N–H and O–H groups in total. The molecule has 2 fully saturated rings. The average molecular weight is 195 g/mol. The lowest BCUT2D eigenvalue weighted by molar-refractivity contribution is 0.420. The lowest BCUT2D eigenvalue weighted by atomic mass is 10.0. The monoisotopic (exact) mass is 195 g/mol. The summed E-state index contributed by atoms with van der Waals surface area (Å²) in [5.41, 5.74) is 0.578. The van der Waals surface area contributed by atoms with Gasteiger partial charge in [-0.3, -0.25) is 0 Å². The van der Waals surface area contributed by atoms with Gasteiger partial charge in [-0.15, -0.1) is 0 Å². The molecular weight excluding hydrogens is 170 g/mol. The molecule has 82 valence electrons. The molecule has 0 bridgehead atoms. The van der Waals surface area contributed by atoms with Gasteiger partial charge in [0.1, 0.15) is 0 Å². The third kappa shape index (κ3) is 1.50. The van der Waals surface area contributed by atoms with Gasteiger partial charge in [-0.25, -0.2) is 0 Å². The van der Waals surface area contributed by atoms with E-state index >= 15 is 0 Å². The first kappa shape index (κ1) is 10.5. The second-order valence-electron chi connectivity index (χ2n) is 5.98. The Morgan fingerprint density at radius 2 is 2.07 bits per heavy atom. The summed E-state index contributed by atoms with van der Waals surface area (Å²) in [6, 6.07) is 0. The quantitative estimate of drug-likeness (QED) is 0.727. The van der Waals surface area contributed by atoms with Gasteiger partial charge in [-0.1, -0.05) is 27.7 Å². The Labute approximate surface area is 88.7 Å². The van der Waals surface area contributed by atoms with E-state index in [9.17, 15) is 0 Å². The number of fused-ring (bicyclic) bond motifs is 1. The fourth-order valence-corrected chi connectivity index (χ4v) is 3.67. The molecule has 2 rings (SSSR count). The highest BCUT2D eigenvalue weighted by molar-refractivity contribution is 5.21. The van der Waals surface area contributed by atoms with Gasteiger partial charge >= 0.3 is 0 Å². The van der Waals surface area contributed by atoms with Crippen molar-refractivity contribution in [3.8, 4) is 0 Å². The van der Waals surface area contributed by atoms with Crippen LogP contribution in [0.2, 0.25) is 0 Å². The van der Waals surface area contributed by atoms with Crippen molar-refractivity contribution in [1.82, 2.24) is 5.32 Å². The van der Waals surface area contributed by atoms with Crippen molar-refractivity contribution in [3.05, 3.63) is 0 Å². The van der Waals surface area contributed by atoms with Crippen molar-refractivity contribution in [1.29, 1.82) is 0 Å². The molecule has 14 heavy (non-hydrogen) atoms. The molecule has 0 heterocycles. The van der Waals surface area contributed by atoms with Gasteiger partial charge in [0.15, 0.2) is 0 Å². The number of hydrogen-bond acceptors (Lipinski definition) is 1. The van der Waals surface area contributed by atoms with E-state index in [1.54, 1.807) is 0 Å². The normalized spacial score (nSPS) is 45.6. The lowest BCUT2D eigenvalue weighted by Gasteiger charge is -2.17. The molecule has 2 aliphatic carbocycles. The van der Waals surface area contributed by atoms with Gasteiger partial charge < -0.3 is 5.32 Å². The SMILES string of the molecule is CC(C)CCNC12CCC(C)C1C2C. The molecule has 0 aromatic carbocycles. The van der Waals surface area contributed by atoms with Gasteiger partial charge in [0.05, 0.1) is 0 Å². The fourth-order valence-electron chi connectivity index (χ4n) is 3.67. The van der Waals surface area contributed by atoms with E-state index in [4.69, 9.17) is 0 Å². The average Bonchev–Trinajstić information content (AvgIpc) is 2.49. The molecule has 1 nitrogen and oxygen atoms in total. The smallest absolute Gasteiger partial charge is 0.0244 e. The maximum atomic E-state index is 3.84. The first-order chi connectivity index (χ1) is 6.58. The Hall–Kier alpha value is -0.0400. The Morgan fingerprint density at radius 3 is 2.57 bits per heavy atom. The number of nitrogens with one attached hydrogen (secondary N) is 1. The summed E-state index contributed by atoms with van der Waals surface area (Å²) in [7, 11) is 0. The molecule has 1 heteroatoms. The van der Waals surface area contributed by atoms with Gasteiger partial charge in [0.25, 0.3) is 0 Å². The third-order valence-corrected chi connectivity index (χ3v) is 4.64. The van der Waals surface area contributed by atoms with Crippen molar-refractivity contribution in [2.75, 3.05) is 6.54 Å². The standard InChI is InChI=1S/C13H25N/c1-9(2)6-8-14-13-7-5-10(3)12(13)11(13)4/h9-12,14H,5-8H2,1-4H3. The van der Waals surface area contributed by atoms with Crippen molar-refractivity contribution >= 4 is 0 Å². The number of hydrogen-bond donors (Lipinski definition) is 1. The van der Waals surface area contributed by atoms with Gasteiger partial charge in [0.2, 0.25) is 0 Å². The zero-order valence-corrected chi connectivity index (χ0v) is 10.1. The van der Waals surface area contributed by atoms with Gasteiger partial charge in [-0.05, 0) is 49.5 Å². The molecular formula is C13H25N. The zero-order valence-electron chi connectivity index (χ0n) is 10.1. The Balaban J connectivity index is 1.81. The summed E-state index contributed by atoms with van der Waals surface area (Å²) in [5, 5.41) is 3.84. The molecule has 0 aliphatic heterocycles. The maximum Gasteiger partial charge on any atom is 0.0244 e. The van der Waals surface area contributed by atoms with Crippen LogP contribution in [0.3, 0.4) is 0 Å². The van der Waals surface area contributed by atoms with Crippen LogP contribution in [0.15, 0.2) is 0 Å². The summed E-state index contributed by atoms with van der Waals surface area (Å²) >= 11 is 0. The molecule has 0 aromatic rings. The highest BCUT2D eigenvalue weighted by Crippen LogP contribution is 2.63. The Kier molecular flexibility index (Phi) is 2.63. The minimum atomic E-state index is 0.578. The van der Waals surface area contributed by atoms with E-state index < -0.39 is 0 Å². The van der Waals surface area contributed by atoms with E-state index in [1.165, 1.54) is 25.8 Å². The molecule has 2 saturated carbocycles. The minimum absolute atomic E-state index is 0.578. The summed E-state index contributed by atoms with van der Waals surface area (Å²) in [6.07, 6.45) is 4.21. The fraction of sp³-hybridized carbons (Fsp3) is 1.00. The first-order valence-corrected chi connectivity index (χ1v) is 6.33. The van der Waals surface area contributed by atoms with Crippen LogP contribution in [-0.4, -0.2) is 12.1 Å². The lowest BCUT2D eigenvalue weighted by Crippen LogP contribution is -2.34. The molecule has 0 aromatic heterocycles. The van der Waals surface area contributed by atoms with Gasteiger partial charge in [-0.2, -0.15) is 0 Å². The Bertz CT molecular complexity index is 211. The predicted octanol–water partition coefficient (Wildman–Crippen LogP) is 3.06. The summed E-state index contributed by atoms with van der Waals surface area (Å²) in [4.78, 5) is 0. The highest BCUT2D eigenvalue weighted by atomic mass is 15.1. The summed E-state index contributed by atoms with van der Waals surface area (Å²) in [6.45, 7) is 10.7. The highest BCUT2D eigenvalue weighted by Gasteiger charge is 2.66. The van der Waals surface area contributed by atoms with Gasteiger partial charge in [0, 0.05) is 5.54 Å². The molecule has 4 atom stereocenters. The Morgan fingerprint density at radius 1 is 1.36 bits per heavy atom. The molecule has 0 saturated heterocycles. The second-order valence-corrected chi connectivity index (χ2v) is 5.98. The van der Waals surface area contributed by atoms with Crippen LogP contribution in [-0.2, 0) is 0 Å². The van der Waals surface area contributed by atoms with Crippen LogP contribution < -0.4 is 5.32 Å². The van der Waals surface area contributed by atoms with Crippen LogP contribution in [0.5, 0.6) is 0 Å². The first-order valence-electron chi connectivity index (χ1n) is 6.33. The van der Waals surface area contributed by atoms with Crippen molar-refractivity contribution < 1.29 is 0 Å².